The normalized spacial score (nSPS) is 10.7. The molecule has 0 fully saturated rings. The molecule has 0 heterocycles. The van der Waals surface area contributed by atoms with E-state index in [0.717, 1.165) is 0 Å². The minimum atomic E-state index is -4.12. The first kappa shape index (κ1) is 12.5. The van der Waals surface area contributed by atoms with Crippen molar-refractivity contribution in [2.45, 2.75) is 6.11 Å². The lowest BCUT2D eigenvalue weighted by Crippen LogP contribution is -2.15. The summed E-state index contributed by atoms with van der Waals surface area (Å²) in [7, 11) is 0. The van der Waals surface area contributed by atoms with Crippen molar-refractivity contribution in [3.63, 3.8) is 0 Å². The highest BCUT2D eigenvalue weighted by Gasteiger charge is 2.22. The van der Waals surface area contributed by atoms with Crippen LogP contribution in [0.3, 0.4) is 0 Å². The lowest BCUT2D eigenvalue weighted by molar-refractivity contribution is -0.208. The first-order valence-electron chi connectivity index (χ1n) is 1.75. The van der Waals surface area contributed by atoms with E-state index in [0.29, 0.717) is 0 Å². The molecule has 10 heavy (non-hydrogen) atoms. The van der Waals surface area contributed by atoms with Crippen LogP contribution in [-0.4, -0.2) is 31.2 Å². The molecule has 0 aromatic rings. The number of aliphatic hydroxyl groups is 1. The molecule has 0 spiro atoms. The molecule has 0 saturated carbocycles. The van der Waals surface area contributed by atoms with Gasteiger partial charge in [-0.3, -0.25) is 9.11 Å². The van der Waals surface area contributed by atoms with Gasteiger partial charge in [-0.25, -0.2) is 4.39 Å². The molecule has 8 heteroatoms. The second kappa shape index (κ2) is 5.59. The SMILES string of the molecule is O=S(O)O.OC(F)(F)CF. The largest absolute Gasteiger partial charge is 0.381 e. The average molecular weight is 182 g/mol. The molecule has 0 saturated heterocycles. The molecule has 0 unspecified atom stereocenters. The zero-order valence-corrected chi connectivity index (χ0v) is 5.32. The highest BCUT2D eigenvalue weighted by molar-refractivity contribution is 7.73. The predicted octanol–water partition coefficient (Wildman–Crippen LogP) is 0.222. The highest BCUT2D eigenvalue weighted by atomic mass is 32.2. The fourth-order valence-electron chi connectivity index (χ4n) is 0. The average Bonchev–Trinajstić information content (AvgIpc) is 1.63. The molecule has 0 aromatic carbocycles. The summed E-state index contributed by atoms with van der Waals surface area (Å²) in [4.78, 5) is 0. The Bertz CT molecular complexity index is 97.2. The van der Waals surface area contributed by atoms with E-state index in [-0.39, 0.29) is 0 Å². The van der Waals surface area contributed by atoms with E-state index in [1.807, 2.05) is 0 Å². The maximum absolute atomic E-state index is 10.6. The monoisotopic (exact) mass is 182 g/mol. The second-order valence-corrected chi connectivity index (χ2v) is 1.49. The molecule has 4 nitrogen and oxygen atoms in total. The minimum absolute atomic E-state index is 2.01. The molecule has 0 aliphatic carbocycles. The van der Waals surface area contributed by atoms with Crippen LogP contribution in [0.2, 0.25) is 0 Å². The Morgan fingerprint density at radius 1 is 1.40 bits per heavy atom. The number of halogens is 3. The van der Waals surface area contributed by atoms with Gasteiger partial charge in [0.1, 0.15) is 0 Å². The van der Waals surface area contributed by atoms with Crippen LogP contribution in [0.25, 0.3) is 0 Å². The van der Waals surface area contributed by atoms with Gasteiger partial charge in [-0.15, -0.1) is 0 Å². The molecular weight excluding hydrogens is 177 g/mol. The van der Waals surface area contributed by atoms with Crippen LogP contribution in [0, 0.1) is 0 Å². The number of hydrogen-bond donors (Lipinski definition) is 3. The van der Waals surface area contributed by atoms with Crippen LogP contribution >= 0.6 is 0 Å². The van der Waals surface area contributed by atoms with Crippen LogP contribution in [0.5, 0.6) is 0 Å². The van der Waals surface area contributed by atoms with Crippen molar-refractivity contribution >= 4 is 11.4 Å². The molecule has 0 aliphatic rings. The van der Waals surface area contributed by atoms with Gasteiger partial charge >= 0.3 is 6.11 Å². The van der Waals surface area contributed by atoms with Crippen molar-refractivity contribution < 1.29 is 31.6 Å². The Morgan fingerprint density at radius 2 is 1.50 bits per heavy atom. The fraction of sp³-hybridized carbons (Fsp3) is 1.00. The van der Waals surface area contributed by atoms with Gasteiger partial charge in [0.2, 0.25) is 0 Å². The Labute approximate surface area is 56.8 Å². The number of alkyl halides is 3. The summed E-state index contributed by atoms with van der Waals surface area (Å²) < 4.78 is 54.6. The molecule has 64 valence electrons. The van der Waals surface area contributed by atoms with Crippen LogP contribution in [0.4, 0.5) is 13.2 Å². The molecule has 0 aromatic heterocycles. The summed E-state index contributed by atoms with van der Waals surface area (Å²) in [5, 5.41) is 7.12. The molecular formula is C2H5F3O4S. The summed E-state index contributed by atoms with van der Waals surface area (Å²) in [5.41, 5.74) is 0. The zero-order valence-electron chi connectivity index (χ0n) is 4.50. The van der Waals surface area contributed by atoms with Gasteiger partial charge in [0.25, 0.3) is 11.4 Å². The van der Waals surface area contributed by atoms with E-state index in [1.165, 1.54) is 0 Å². The molecule has 0 aliphatic heterocycles. The summed E-state index contributed by atoms with van der Waals surface area (Å²) >= 11 is -2.61. The molecule has 0 bridgehead atoms. The quantitative estimate of drug-likeness (QED) is 0.507. The summed E-state index contributed by atoms with van der Waals surface area (Å²) in [6.07, 6.45) is -4.12. The van der Waals surface area contributed by atoms with Gasteiger partial charge < -0.3 is 5.11 Å². The Hall–Kier alpha value is -0.180. The summed E-state index contributed by atoms with van der Waals surface area (Å²) in [5.74, 6) is 0. The third kappa shape index (κ3) is 45.7. The second-order valence-electron chi connectivity index (χ2n) is 1.03. The lowest BCUT2D eigenvalue weighted by Gasteiger charge is -1.97. The topological polar surface area (TPSA) is 77.8 Å². The molecule has 0 rings (SSSR count). The first-order valence-corrected chi connectivity index (χ1v) is 2.82. The Kier molecular flexibility index (Phi) is 6.99. The van der Waals surface area contributed by atoms with Gasteiger partial charge in [0.15, 0.2) is 6.67 Å². The van der Waals surface area contributed by atoms with Crippen molar-refractivity contribution in [3.8, 4) is 0 Å². The standard InChI is InChI=1S/C2H3F3O.H2O3S/c3-1-2(4,5)6;1-4(2)3/h6H,1H2;(H2,1,2,3). The van der Waals surface area contributed by atoms with E-state index in [9.17, 15) is 13.2 Å². The first-order chi connectivity index (χ1) is 4.29. The van der Waals surface area contributed by atoms with Gasteiger partial charge in [-0.2, -0.15) is 13.0 Å². The third-order valence-corrected chi connectivity index (χ3v) is 0.161. The van der Waals surface area contributed by atoms with E-state index < -0.39 is 24.1 Å². The van der Waals surface area contributed by atoms with E-state index in [2.05, 4.69) is 0 Å². The van der Waals surface area contributed by atoms with E-state index in [1.54, 1.807) is 0 Å². The Morgan fingerprint density at radius 3 is 1.50 bits per heavy atom. The van der Waals surface area contributed by atoms with E-state index >= 15 is 0 Å². The van der Waals surface area contributed by atoms with Crippen LogP contribution < -0.4 is 0 Å². The van der Waals surface area contributed by atoms with Crippen molar-refractivity contribution in [2.24, 2.45) is 0 Å². The minimum Gasteiger partial charge on any atom is -0.334 e. The molecule has 0 atom stereocenters. The van der Waals surface area contributed by atoms with Gasteiger partial charge in [-0.1, -0.05) is 0 Å². The third-order valence-electron chi connectivity index (χ3n) is 0.161. The Balaban J connectivity index is 0. The smallest absolute Gasteiger partial charge is 0.334 e. The van der Waals surface area contributed by atoms with Crippen molar-refractivity contribution in [2.75, 3.05) is 6.67 Å². The van der Waals surface area contributed by atoms with Gasteiger partial charge in [0.05, 0.1) is 0 Å². The van der Waals surface area contributed by atoms with Crippen molar-refractivity contribution in [1.29, 1.82) is 0 Å². The van der Waals surface area contributed by atoms with Gasteiger partial charge in [0, 0.05) is 0 Å². The van der Waals surface area contributed by atoms with Crippen molar-refractivity contribution in [1.82, 2.24) is 0 Å². The van der Waals surface area contributed by atoms with Crippen molar-refractivity contribution in [3.05, 3.63) is 0 Å². The van der Waals surface area contributed by atoms with Crippen LogP contribution in [0.15, 0.2) is 0 Å². The molecule has 3 N–H and O–H groups in total. The maximum atomic E-state index is 10.6. The van der Waals surface area contributed by atoms with Gasteiger partial charge in [-0.05, 0) is 0 Å². The zero-order chi connectivity index (χ0) is 8.78. The number of hydrogen-bond acceptors (Lipinski definition) is 2. The number of rotatable bonds is 1. The molecule has 0 radical (unpaired) electrons. The summed E-state index contributed by atoms with van der Waals surface area (Å²) in [6, 6.07) is 0. The maximum Gasteiger partial charge on any atom is 0.381 e. The molecule has 0 amide bonds. The highest BCUT2D eigenvalue weighted by Crippen LogP contribution is 2.06. The predicted molar refractivity (Wildman–Crippen MR) is 26.5 cm³/mol. The lowest BCUT2D eigenvalue weighted by atomic mass is 10.7. The summed E-state index contributed by atoms with van der Waals surface area (Å²) in [6.45, 7) is -2.01. The van der Waals surface area contributed by atoms with E-state index in [4.69, 9.17) is 18.4 Å². The fourth-order valence-corrected chi connectivity index (χ4v) is 0. The van der Waals surface area contributed by atoms with Crippen LogP contribution in [-0.2, 0) is 11.4 Å². The van der Waals surface area contributed by atoms with Crippen LogP contribution in [0.1, 0.15) is 0 Å².